The molecular formula is C18H20Cl2N4O4S. The predicted molar refractivity (Wildman–Crippen MR) is 111 cm³/mol. The fourth-order valence-corrected chi connectivity index (χ4v) is 4.82. The van der Waals surface area contributed by atoms with Crippen LogP contribution in [-0.2, 0) is 21.4 Å². The van der Waals surface area contributed by atoms with Crippen molar-refractivity contribution in [2.24, 2.45) is 0 Å². The summed E-state index contributed by atoms with van der Waals surface area (Å²) in [6.45, 7) is 0.683. The standard InChI is InChI=1S/C18H20Cl2N4O4S/c19-15-11-21-24(18(26)17(15)20)12-16(25)22-13-5-7-14(8-6-13)29(27,28)23-9-3-1-2-4-10-23/h5-8,11H,1-4,9-10,12H2,(H,22,25). The maximum Gasteiger partial charge on any atom is 0.287 e. The summed E-state index contributed by atoms with van der Waals surface area (Å²) in [4.78, 5) is 24.3. The van der Waals surface area contributed by atoms with Gasteiger partial charge < -0.3 is 5.32 Å². The molecule has 0 spiro atoms. The van der Waals surface area contributed by atoms with Crippen LogP contribution in [0, 0.1) is 0 Å². The number of carbonyl (C=O) groups excluding carboxylic acids is 1. The first kappa shape index (κ1) is 21.8. The number of nitrogens with zero attached hydrogens (tertiary/aromatic N) is 3. The number of sulfonamides is 1. The first-order valence-electron chi connectivity index (χ1n) is 9.10. The summed E-state index contributed by atoms with van der Waals surface area (Å²) >= 11 is 11.5. The third-order valence-electron chi connectivity index (χ3n) is 4.58. The second-order valence-electron chi connectivity index (χ2n) is 6.66. The molecule has 1 aromatic heterocycles. The van der Waals surface area contributed by atoms with Gasteiger partial charge in [0.1, 0.15) is 11.6 Å². The van der Waals surface area contributed by atoms with Crippen LogP contribution in [-0.4, -0.2) is 41.5 Å². The molecule has 0 aliphatic carbocycles. The molecule has 8 nitrogen and oxygen atoms in total. The predicted octanol–water partition coefficient (Wildman–Crippen LogP) is 2.75. The normalized spacial score (nSPS) is 15.7. The van der Waals surface area contributed by atoms with Crippen molar-refractivity contribution in [3.05, 3.63) is 50.9 Å². The Kier molecular flexibility index (Phi) is 6.94. The van der Waals surface area contributed by atoms with Gasteiger partial charge in [0.2, 0.25) is 15.9 Å². The van der Waals surface area contributed by atoms with Gasteiger partial charge in [-0.05, 0) is 37.1 Å². The Morgan fingerprint density at radius 3 is 2.31 bits per heavy atom. The van der Waals surface area contributed by atoms with Gasteiger partial charge in [0, 0.05) is 18.8 Å². The van der Waals surface area contributed by atoms with Crippen LogP contribution in [0.1, 0.15) is 25.7 Å². The number of benzene rings is 1. The maximum absolute atomic E-state index is 12.8. The van der Waals surface area contributed by atoms with E-state index in [4.69, 9.17) is 23.2 Å². The van der Waals surface area contributed by atoms with Crippen LogP contribution in [0.3, 0.4) is 0 Å². The highest BCUT2D eigenvalue weighted by Gasteiger charge is 2.25. The summed E-state index contributed by atoms with van der Waals surface area (Å²) in [6, 6.07) is 5.93. The van der Waals surface area contributed by atoms with Crippen molar-refractivity contribution in [2.45, 2.75) is 37.1 Å². The molecule has 1 amide bonds. The van der Waals surface area contributed by atoms with E-state index in [0.717, 1.165) is 30.4 Å². The van der Waals surface area contributed by atoms with E-state index in [-0.39, 0.29) is 21.5 Å². The van der Waals surface area contributed by atoms with Gasteiger partial charge in [-0.2, -0.15) is 9.40 Å². The lowest BCUT2D eigenvalue weighted by Crippen LogP contribution is -2.32. The Balaban J connectivity index is 1.68. The van der Waals surface area contributed by atoms with Gasteiger partial charge in [0.25, 0.3) is 5.56 Å². The highest BCUT2D eigenvalue weighted by Crippen LogP contribution is 2.22. The summed E-state index contributed by atoms with van der Waals surface area (Å²) in [5.74, 6) is -0.513. The first-order chi connectivity index (χ1) is 13.8. The lowest BCUT2D eigenvalue weighted by atomic mass is 10.2. The molecule has 1 aliphatic heterocycles. The number of anilines is 1. The highest BCUT2D eigenvalue weighted by atomic mass is 35.5. The van der Waals surface area contributed by atoms with Gasteiger partial charge in [-0.1, -0.05) is 36.0 Å². The van der Waals surface area contributed by atoms with E-state index in [1.807, 2.05) is 0 Å². The first-order valence-corrected chi connectivity index (χ1v) is 11.3. The monoisotopic (exact) mass is 458 g/mol. The van der Waals surface area contributed by atoms with Gasteiger partial charge in [0.15, 0.2) is 0 Å². The molecule has 1 N–H and O–H groups in total. The molecule has 0 saturated carbocycles. The minimum atomic E-state index is -3.56. The lowest BCUT2D eigenvalue weighted by molar-refractivity contribution is -0.117. The minimum Gasteiger partial charge on any atom is -0.324 e. The smallest absolute Gasteiger partial charge is 0.287 e. The van der Waals surface area contributed by atoms with E-state index >= 15 is 0 Å². The summed E-state index contributed by atoms with van der Waals surface area (Å²) in [7, 11) is -3.56. The Morgan fingerprint density at radius 2 is 1.69 bits per heavy atom. The van der Waals surface area contributed by atoms with Crippen LogP contribution in [0.25, 0.3) is 0 Å². The molecule has 11 heteroatoms. The van der Waals surface area contributed by atoms with Crippen LogP contribution >= 0.6 is 23.2 Å². The molecule has 0 bridgehead atoms. The molecule has 1 aromatic carbocycles. The molecule has 2 heterocycles. The SMILES string of the molecule is O=C(Cn1ncc(Cl)c(Cl)c1=O)Nc1ccc(S(=O)(=O)N2CCCCCC2)cc1. The van der Waals surface area contributed by atoms with Crippen LogP contribution in [0.2, 0.25) is 10.0 Å². The fraction of sp³-hybridized carbons (Fsp3) is 0.389. The van der Waals surface area contributed by atoms with E-state index < -0.39 is 21.5 Å². The number of nitrogens with one attached hydrogen (secondary N) is 1. The Hall–Kier alpha value is -1.94. The number of halogens is 2. The molecule has 1 fully saturated rings. The number of amides is 1. The van der Waals surface area contributed by atoms with E-state index in [1.165, 1.54) is 34.8 Å². The second kappa shape index (κ2) is 9.25. The van der Waals surface area contributed by atoms with Crippen molar-refractivity contribution in [3.8, 4) is 0 Å². The number of rotatable bonds is 5. The number of carbonyl (C=O) groups is 1. The van der Waals surface area contributed by atoms with Gasteiger partial charge in [0.05, 0.1) is 16.1 Å². The maximum atomic E-state index is 12.8. The van der Waals surface area contributed by atoms with Crippen molar-refractivity contribution in [2.75, 3.05) is 18.4 Å². The van der Waals surface area contributed by atoms with Gasteiger partial charge in [-0.25, -0.2) is 13.1 Å². The number of hydrogen-bond acceptors (Lipinski definition) is 5. The molecular weight excluding hydrogens is 439 g/mol. The van der Waals surface area contributed by atoms with Gasteiger partial charge in [-0.3, -0.25) is 9.59 Å². The van der Waals surface area contributed by atoms with Crippen LogP contribution in [0.15, 0.2) is 40.2 Å². The Morgan fingerprint density at radius 1 is 1.07 bits per heavy atom. The topological polar surface area (TPSA) is 101 Å². The summed E-state index contributed by atoms with van der Waals surface area (Å²) in [5.41, 5.74) is -0.272. The molecule has 156 valence electrons. The average Bonchev–Trinajstić information content (AvgIpc) is 2.99. The van der Waals surface area contributed by atoms with E-state index in [0.29, 0.717) is 18.8 Å². The zero-order valence-corrected chi connectivity index (χ0v) is 17.8. The van der Waals surface area contributed by atoms with Crippen LogP contribution < -0.4 is 10.9 Å². The molecule has 3 rings (SSSR count). The minimum absolute atomic E-state index is 0.00883. The molecule has 1 saturated heterocycles. The van der Waals surface area contributed by atoms with Crippen LogP contribution in [0.5, 0.6) is 0 Å². The third-order valence-corrected chi connectivity index (χ3v) is 7.24. The zero-order valence-electron chi connectivity index (χ0n) is 15.5. The number of hydrogen-bond donors (Lipinski definition) is 1. The Labute approximate surface area is 178 Å². The van der Waals surface area contributed by atoms with Crippen molar-refractivity contribution in [3.63, 3.8) is 0 Å². The molecule has 2 aromatic rings. The van der Waals surface area contributed by atoms with Gasteiger partial charge in [-0.15, -0.1) is 0 Å². The quantitative estimate of drug-likeness (QED) is 0.741. The largest absolute Gasteiger partial charge is 0.324 e. The molecule has 0 unspecified atom stereocenters. The van der Waals surface area contributed by atoms with Crippen LogP contribution in [0.4, 0.5) is 5.69 Å². The summed E-state index contributed by atoms with van der Waals surface area (Å²) in [6.07, 6.45) is 4.97. The summed E-state index contributed by atoms with van der Waals surface area (Å²) < 4.78 is 28.0. The van der Waals surface area contributed by atoms with Crippen molar-refractivity contribution in [1.82, 2.24) is 14.1 Å². The average molecular weight is 459 g/mol. The van der Waals surface area contributed by atoms with E-state index in [1.54, 1.807) is 0 Å². The molecule has 0 radical (unpaired) electrons. The zero-order chi connectivity index (χ0) is 21.0. The molecule has 0 atom stereocenters. The van der Waals surface area contributed by atoms with Gasteiger partial charge >= 0.3 is 0 Å². The number of aromatic nitrogens is 2. The second-order valence-corrected chi connectivity index (χ2v) is 9.38. The highest BCUT2D eigenvalue weighted by molar-refractivity contribution is 7.89. The van der Waals surface area contributed by atoms with E-state index in [2.05, 4.69) is 10.4 Å². The fourth-order valence-electron chi connectivity index (χ4n) is 3.04. The molecule has 1 aliphatic rings. The summed E-state index contributed by atoms with van der Waals surface area (Å²) in [5, 5.41) is 6.16. The van der Waals surface area contributed by atoms with Crippen molar-refractivity contribution >= 4 is 44.8 Å². The van der Waals surface area contributed by atoms with Crippen molar-refractivity contribution < 1.29 is 13.2 Å². The molecule has 29 heavy (non-hydrogen) atoms. The Bertz CT molecular complexity index is 1050. The third kappa shape index (κ3) is 5.16. The van der Waals surface area contributed by atoms with Crippen molar-refractivity contribution in [1.29, 1.82) is 0 Å². The lowest BCUT2D eigenvalue weighted by Gasteiger charge is -2.20. The van der Waals surface area contributed by atoms with E-state index in [9.17, 15) is 18.0 Å².